The molecule has 1 atom stereocenters. The molecule has 118 valence electrons. The van der Waals surface area contributed by atoms with E-state index in [0.29, 0.717) is 12.2 Å². The maximum absolute atomic E-state index is 11.8. The van der Waals surface area contributed by atoms with Gasteiger partial charge in [-0.2, -0.15) is 0 Å². The van der Waals surface area contributed by atoms with Crippen LogP contribution in [0.25, 0.3) is 0 Å². The molecule has 1 aromatic rings. The molecule has 0 bridgehead atoms. The first kappa shape index (κ1) is 21.4. The Balaban J connectivity index is 0.00000441. The minimum atomic E-state index is -1.02. The molecule has 6 heteroatoms. The average molecular weight is 337 g/mol. The van der Waals surface area contributed by atoms with Gasteiger partial charge < -0.3 is 9.84 Å². The summed E-state index contributed by atoms with van der Waals surface area (Å²) in [4.78, 5) is 22.5. The van der Waals surface area contributed by atoms with E-state index in [2.05, 4.69) is 6.92 Å². The summed E-state index contributed by atoms with van der Waals surface area (Å²) in [7, 11) is 0. The van der Waals surface area contributed by atoms with E-state index in [0.717, 1.165) is 19.3 Å². The maximum atomic E-state index is 11.8. The molecule has 0 aliphatic carbocycles. The molecule has 0 aliphatic heterocycles. The zero-order valence-corrected chi connectivity index (χ0v) is 12.9. The summed E-state index contributed by atoms with van der Waals surface area (Å²) >= 11 is 6.01. The van der Waals surface area contributed by atoms with Crippen LogP contribution in [0.1, 0.15) is 55.8 Å². The molecule has 1 unspecified atom stereocenters. The Hall–Kier alpha value is -0.550. The van der Waals surface area contributed by atoms with E-state index in [-0.39, 0.29) is 35.1 Å². The number of carboxylic acids is 1. The molecule has 1 N–H and O–H groups in total. The van der Waals surface area contributed by atoms with Crippen LogP contribution in [-0.4, -0.2) is 52.0 Å². The van der Waals surface area contributed by atoms with E-state index < -0.39 is 17.3 Å². The number of rotatable bonds is 9. The molecule has 1 aromatic carbocycles. The van der Waals surface area contributed by atoms with Gasteiger partial charge in [-0.3, -0.25) is 4.79 Å². The van der Waals surface area contributed by atoms with Crippen molar-refractivity contribution < 1.29 is 19.4 Å². The summed E-state index contributed by atoms with van der Waals surface area (Å²) in [5.74, 6) is -1.20. The van der Waals surface area contributed by atoms with Gasteiger partial charge in [-0.15, -0.1) is 11.6 Å². The van der Waals surface area contributed by atoms with Crippen molar-refractivity contribution in [1.29, 1.82) is 0 Å². The molecule has 0 amide bonds. The number of ether oxygens (including phenoxy) is 1. The van der Waals surface area contributed by atoms with Gasteiger partial charge in [-0.1, -0.05) is 39.0 Å². The van der Waals surface area contributed by atoms with Crippen molar-refractivity contribution >= 4 is 53.1 Å². The van der Waals surface area contributed by atoms with Gasteiger partial charge in [0.1, 0.15) is 11.1 Å². The van der Waals surface area contributed by atoms with E-state index in [9.17, 15) is 9.59 Å². The first-order valence-electron chi connectivity index (χ1n) is 7.23. The molecule has 22 heavy (non-hydrogen) atoms. The Morgan fingerprint density at radius 3 is 2.27 bits per heavy atom. The zero-order chi connectivity index (χ0) is 15.7. The van der Waals surface area contributed by atoms with Crippen molar-refractivity contribution in [2.24, 2.45) is 0 Å². The number of unbranched alkanes of at least 4 members (excludes halogenated alkanes) is 4. The molecule has 0 fully saturated rings. The molecule has 1 rings (SSSR count). The fraction of sp³-hybridized carbons (Fsp3) is 0.500. The molecule has 4 nitrogen and oxygen atoms in total. The molecule has 0 aliphatic rings. The number of alkyl halides is 1. The summed E-state index contributed by atoms with van der Waals surface area (Å²) in [6.07, 6.45) is 6.11. The molecule has 0 aromatic heterocycles. The van der Waals surface area contributed by atoms with Crippen LogP contribution in [0.5, 0.6) is 5.75 Å². The van der Waals surface area contributed by atoms with Crippen molar-refractivity contribution in [1.82, 2.24) is 0 Å². The predicted octanol–water partition coefficient (Wildman–Crippen LogP) is 3.61. The van der Waals surface area contributed by atoms with Gasteiger partial charge in [0.25, 0.3) is 0 Å². The van der Waals surface area contributed by atoms with Crippen LogP contribution in [0.15, 0.2) is 24.3 Å². The topological polar surface area (TPSA) is 63.6 Å². The zero-order valence-electron chi connectivity index (χ0n) is 12.2. The normalized spacial score (nSPS) is 11.4. The quantitative estimate of drug-likeness (QED) is 0.246. The Bertz CT molecular complexity index is 462. The molecule has 0 saturated heterocycles. The van der Waals surface area contributed by atoms with E-state index >= 15 is 0 Å². The van der Waals surface area contributed by atoms with Crippen molar-refractivity contribution in [3.05, 3.63) is 29.8 Å². The summed E-state index contributed by atoms with van der Waals surface area (Å²) in [5.41, 5.74) is 0.146. The second-order valence-corrected chi connectivity index (χ2v) is 5.45. The number of carboxylic acid groups (broad SMARTS) is 1. The van der Waals surface area contributed by atoms with E-state index in [1.54, 1.807) is 0 Å². The van der Waals surface area contributed by atoms with Crippen LogP contribution in [0.3, 0.4) is 0 Å². The Kier molecular flexibility index (Phi) is 11.6. The summed E-state index contributed by atoms with van der Waals surface area (Å²) in [5, 5.41) is 8.11. The SMILES string of the molecule is CCCCCCCC(Cl)C(=O)Oc1ccc(C(=O)O)cc1.[NaH]. The van der Waals surface area contributed by atoms with Crippen molar-refractivity contribution in [2.75, 3.05) is 0 Å². The van der Waals surface area contributed by atoms with Crippen LogP contribution >= 0.6 is 11.6 Å². The van der Waals surface area contributed by atoms with E-state index in [1.807, 2.05) is 0 Å². The number of halogens is 1. The third-order valence-corrected chi connectivity index (χ3v) is 3.53. The number of aromatic carboxylic acids is 1. The van der Waals surface area contributed by atoms with Crippen molar-refractivity contribution in [2.45, 2.75) is 50.8 Å². The van der Waals surface area contributed by atoms with Crippen LogP contribution in [0.4, 0.5) is 0 Å². The molecule has 0 heterocycles. The number of benzene rings is 1. The molecular formula is C16H22ClNaO4. The third kappa shape index (κ3) is 8.18. The van der Waals surface area contributed by atoms with Crippen molar-refractivity contribution in [3.8, 4) is 5.75 Å². The van der Waals surface area contributed by atoms with Crippen LogP contribution in [0.2, 0.25) is 0 Å². The van der Waals surface area contributed by atoms with Crippen molar-refractivity contribution in [3.63, 3.8) is 0 Å². The van der Waals surface area contributed by atoms with Gasteiger partial charge in [0.05, 0.1) is 5.56 Å². The number of carbonyl (C=O) groups excluding carboxylic acids is 1. The monoisotopic (exact) mass is 336 g/mol. The third-order valence-electron chi connectivity index (χ3n) is 3.14. The van der Waals surface area contributed by atoms with E-state index in [1.165, 1.54) is 37.1 Å². The summed E-state index contributed by atoms with van der Waals surface area (Å²) in [6.45, 7) is 2.15. The van der Waals surface area contributed by atoms with Gasteiger partial charge in [0.2, 0.25) is 0 Å². The van der Waals surface area contributed by atoms with Gasteiger partial charge in [0.15, 0.2) is 0 Å². The number of carbonyl (C=O) groups is 2. The molecule has 0 spiro atoms. The number of hydrogen-bond acceptors (Lipinski definition) is 3. The van der Waals surface area contributed by atoms with Crippen LogP contribution in [0, 0.1) is 0 Å². The number of hydrogen-bond donors (Lipinski definition) is 1. The molecule has 0 radical (unpaired) electrons. The first-order valence-corrected chi connectivity index (χ1v) is 7.67. The van der Waals surface area contributed by atoms with Gasteiger partial charge >= 0.3 is 41.5 Å². The molecular weight excluding hydrogens is 315 g/mol. The Morgan fingerprint density at radius 2 is 1.73 bits per heavy atom. The minimum absolute atomic E-state index is 0. The second kappa shape index (κ2) is 11.9. The summed E-state index contributed by atoms with van der Waals surface area (Å²) in [6, 6.07) is 5.68. The van der Waals surface area contributed by atoms with Gasteiger partial charge in [0, 0.05) is 0 Å². The molecule has 0 saturated carbocycles. The Labute approximate surface area is 158 Å². The Morgan fingerprint density at radius 1 is 1.14 bits per heavy atom. The average Bonchev–Trinajstić information content (AvgIpc) is 2.47. The van der Waals surface area contributed by atoms with Crippen LogP contribution in [-0.2, 0) is 4.79 Å². The fourth-order valence-electron chi connectivity index (χ4n) is 1.89. The van der Waals surface area contributed by atoms with Gasteiger partial charge in [-0.05, 0) is 30.7 Å². The number of esters is 1. The first-order chi connectivity index (χ1) is 10.0. The second-order valence-electron chi connectivity index (χ2n) is 4.92. The predicted molar refractivity (Wildman–Crippen MR) is 89.2 cm³/mol. The fourth-order valence-corrected chi connectivity index (χ4v) is 2.09. The summed E-state index contributed by atoms with van der Waals surface area (Å²) < 4.78 is 5.13. The van der Waals surface area contributed by atoms with Crippen LogP contribution < -0.4 is 4.74 Å². The van der Waals surface area contributed by atoms with Gasteiger partial charge in [-0.25, -0.2) is 4.79 Å². The van der Waals surface area contributed by atoms with E-state index in [4.69, 9.17) is 21.4 Å². The standard InChI is InChI=1S/C16H21ClO4.Na.H/c1-2-3-4-5-6-7-14(17)16(20)21-13-10-8-12(9-11-13)15(18)19;;/h8-11,14H,2-7H2,1H3,(H,18,19);;.